The first-order valence-electron chi connectivity index (χ1n) is 11.2. The summed E-state index contributed by atoms with van der Waals surface area (Å²) >= 11 is 0. The number of nitrogens with two attached hydrogens (primary N) is 1. The molecule has 1 unspecified atom stereocenters. The summed E-state index contributed by atoms with van der Waals surface area (Å²) in [5.41, 5.74) is 6.00. The zero-order valence-electron chi connectivity index (χ0n) is 19.0. The molecule has 0 aromatic heterocycles. The molecule has 31 heavy (non-hydrogen) atoms. The van der Waals surface area contributed by atoms with Crippen molar-refractivity contribution < 1.29 is 19.1 Å². The van der Waals surface area contributed by atoms with Crippen LogP contribution in [0.4, 0.5) is 0 Å². The fraction of sp³-hybridized carbons (Fsp3) is 0.625. The SMILES string of the molecule is CC(N)C(=O)N(C(=O)[C@@H]1C[C@@H]2CCC[C@@H]2N1)[C@@H](Cc1ccccc1)C(=O)OC(C)(C)C. The molecule has 1 heterocycles. The molecule has 1 aromatic rings. The number of imide groups is 1. The molecule has 170 valence electrons. The number of fused-ring (bicyclic) bond motifs is 1. The molecular weight excluding hydrogens is 394 g/mol. The maximum absolute atomic E-state index is 13.6. The topological polar surface area (TPSA) is 102 Å². The van der Waals surface area contributed by atoms with Gasteiger partial charge in [0.05, 0.1) is 12.1 Å². The highest BCUT2D eigenvalue weighted by Gasteiger charge is 2.46. The van der Waals surface area contributed by atoms with Gasteiger partial charge in [-0.2, -0.15) is 0 Å². The number of rotatable bonds is 6. The van der Waals surface area contributed by atoms with Crippen LogP contribution in [0.5, 0.6) is 0 Å². The van der Waals surface area contributed by atoms with Crippen molar-refractivity contribution in [1.29, 1.82) is 0 Å². The summed E-state index contributed by atoms with van der Waals surface area (Å²) in [6.07, 6.45) is 4.13. The molecule has 7 nitrogen and oxygen atoms in total. The van der Waals surface area contributed by atoms with E-state index in [2.05, 4.69) is 5.32 Å². The van der Waals surface area contributed by atoms with E-state index in [1.165, 1.54) is 6.92 Å². The summed E-state index contributed by atoms with van der Waals surface area (Å²) in [6.45, 7) is 6.84. The molecule has 2 aliphatic rings. The van der Waals surface area contributed by atoms with Crippen LogP contribution in [0.15, 0.2) is 30.3 Å². The van der Waals surface area contributed by atoms with Gasteiger partial charge in [-0.3, -0.25) is 14.5 Å². The van der Waals surface area contributed by atoms with Gasteiger partial charge < -0.3 is 15.8 Å². The molecule has 7 heteroatoms. The third-order valence-electron chi connectivity index (χ3n) is 6.04. The van der Waals surface area contributed by atoms with Crippen molar-refractivity contribution >= 4 is 17.8 Å². The molecule has 5 atom stereocenters. The summed E-state index contributed by atoms with van der Waals surface area (Å²) in [4.78, 5) is 41.0. The molecule has 3 N–H and O–H groups in total. The van der Waals surface area contributed by atoms with Crippen LogP contribution < -0.4 is 11.1 Å². The normalized spacial score (nSPS) is 24.9. The number of nitrogens with one attached hydrogen (secondary N) is 1. The van der Waals surface area contributed by atoms with Gasteiger partial charge in [-0.25, -0.2) is 4.79 Å². The lowest BCUT2D eigenvalue weighted by Crippen LogP contribution is -2.59. The van der Waals surface area contributed by atoms with Gasteiger partial charge in [0.2, 0.25) is 11.8 Å². The summed E-state index contributed by atoms with van der Waals surface area (Å²) < 4.78 is 5.62. The van der Waals surface area contributed by atoms with E-state index in [1.807, 2.05) is 30.3 Å². The number of hydrogen-bond donors (Lipinski definition) is 2. The van der Waals surface area contributed by atoms with E-state index in [4.69, 9.17) is 10.5 Å². The minimum atomic E-state index is -1.07. The van der Waals surface area contributed by atoms with Gasteiger partial charge in [0, 0.05) is 12.5 Å². The van der Waals surface area contributed by atoms with Gasteiger partial charge in [0.25, 0.3) is 0 Å². The fourth-order valence-electron chi connectivity index (χ4n) is 4.63. The molecule has 0 bridgehead atoms. The quantitative estimate of drug-likeness (QED) is 0.672. The van der Waals surface area contributed by atoms with Crippen LogP contribution in [-0.2, 0) is 25.5 Å². The fourth-order valence-corrected chi connectivity index (χ4v) is 4.63. The maximum Gasteiger partial charge on any atom is 0.330 e. The van der Waals surface area contributed by atoms with Crippen LogP contribution in [0, 0.1) is 5.92 Å². The van der Waals surface area contributed by atoms with E-state index in [0.717, 1.165) is 29.7 Å². The smallest absolute Gasteiger partial charge is 0.330 e. The van der Waals surface area contributed by atoms with Crippen molar-refractivity contribution in [2.75, 3.05) is 0 Å². The first kappa shape index (κ1) is 23.4. The largest absolute Gasteiger partial charge is 0.458 e. The first-order valence-corrected chi connectivity index (χ1v) is 11.2. The van der Waals surface area contributed by atoms with Crippen LogP contribution in [-0.4, -0.2) is 52.5 Å². The summed E-state index contributed by atoms with van der Waals surface area (Å²) in [7, 11) is 0. The average Bonchev–Trinajstić information content (AvgIpc) is 3.28. The number of nitrogens with zero attached hydrogens (tertiary/aromatic N) is 1. The lowest BCUT2D eigenvalue weighted by atomic mass is 9.99. The van der Waals surface area contributed by atoms with Gasteiger partial charge in [-0.05, 0) is 58.4 Å². The number of ether oxygens (including phenoxy) is 1. The number of carbonyl (C=O) groups excluding carboxylic acids is 3. The Morgan fingerprint density at radius 1 is 1.19 bits per heavy atom. The monoisotopic (exact) mass is 429 g/mol. The predicted molar refractivity (Wildman–Crippen MR) is 118 cm³/mol. The zero-order valence-corrected chi connectivity index (χ0v) is 19.0. The number of esters is 1. The predicted octanol–water partition coefficient (Wildman–Crippen LogP) is 2.17. The summed E-state index contributed by atoms with van der Waals surface area (Å²) in [6, 6.07) is 7.17. The highest BCUT2D eigenvalue weighted by molar-refractivity contribution is 6.03. The highest BCUT2D eigenvalue weighted by Crippen LogP contribution is 2.35. The standard InChI is InChI=1S/C24H35N3O4/c1-15(25)21(28)27(22(29)19-14-17-11-8-12-18(17)26-19)20(23(30)31-24(2,3)4)13-16-9-6-5-7-10-16/h5-7,9-10,15,17-20,26H,8,11-14,25H2,1-4H3/t15?,17-,18-,19-,20-/m0/s1. The Morgan fingerprint density at radius 3 is 2.45 bits per heavy atom. The molecule has 0 radical (unpaired) electrons. The third kappa shape index (κ3) is 5.71. The van der Waals surface area contributed by atoms with E-state index < -0.39 is 35.6 Å². The Morgan fingerprint density at radius 2 is 1.87 bits per heavy atom. The maximum atomic E-state index is 13.6. The minimum absolute atomic E-state index is 0.180. The first-order chi connectivity index (χ1) is 14.6. The van der Waals surface area contributed by atoms with E-state index >= 15 is 0 Å². The summed E-state index contributed by atoms with van der Waals surface area (Å²) in [5, 5.41) is 3.40. The van der Waals surface area contributed by atoms with Gasteiger partial charge in [-0.15, -0.1) is 0 Å². The Bertz CT molecular complexity index is 791. The molecule has 3 rings (SSSR count). The molecule has 0 spiro atoms. The molecule has 1 aliphatic carbocycles. The number of benzene rings is 1. The van der Waals surface area contributed by atoms with Crippen LogP contribution >= 0.6 is 0 Å². The highest BCUT2D eigenvalue weighted by atomic mass is 16.6. The Labute approximate surface area is 184 Å². The number of hydrogen-bond acceptors (Lipinski definition) is 6. The lowest BCUT2D eigenvalue weighted by Gasteiger charge is -2.34. The van der Waals surface area contributed by atoms with Gasteiger partial charge in [0.1, 0.15) is 11.6 Å². The number of carbonyl (C=O) groups is 3. The second-order valence-electron chi connectivity index (χ2n) is 9.83. The zero-order chi connectivity index (χ0) is 22.8. The molecule has 1 aliphatic heterocycles. The van der Waals surface area contributed by atoms with Crippen molar-refractivity contribution in [1.82, 2.24) is 10.2 Å². The second-order valence-corrected chi connectivity index (χ2v) is 9.83. The number of amides is 2. The lowest BCUT2D eigenvalue weighted by molar-refractivity contribution is -0.169. The van der Waals surface area contributed by atoms with Crippen molar-refractivity contribution in [2.24, 2.45) is 11.7 Å². The molecular formula is C24H35N3O4. The summed E-state index contributed by atoms with van der Waals surface area (Å²) in [5.74, 6) is -1.11. The molecule has 2 fully saturated rings. The average molecular weight is 430 g/mol. The van der Waals surface area contributed by atoms with Gasteiger partial charge >= 0.3 is 5.97 Å². The Hall–Kier alpha value is -2.25. The van der Waals surface area contributed by atoms with E-state index in [0.29, 0.717) is 18.4 Å². The Balaban J connectivity index is 1.92. The molecule has 1 saturated heterocycles. The van der Waals surface area contributed by atoms with Crippen molar-refractivity contribution in [2.45, 2.75) is 89.6 Å². The van der Waals surface area contributed by atoms with Crippen LogP contribution in [0.2, 0.25) is 0 Å². The molecule has 1 aromatic carbocycles. The van der Waals surface area contributed by atoms with E-state index in [-0.39, 0.29) is 12.3 Å². The minimum Gasteiger partial charge on any atom is -0.458 e. The van der Waals surface area contributed by atoms with Crippen molar-refractivity contribution in [3.63, 3.8) is 0 Å². The van der Waals surface area contributed by atoms with Crippen molar-refractivity contribution in [3.05, 3.63) is 35.9 Å². The van der Waals surface area contributed by atoms with E-state index in [1.54, 1.807) is 20.8 Å². The van der Waals surface area contributed by atoms with Crippen molar-refractivity contribution in [3.8, 4) is 0 Å². The Kier molecular flexibility index (Phi) is 7.17. The van der Waals surface area contributed by atoms with Crippen LogP contribution in [0.25, 0.3) is 0 Å². The van der Waals surface area contributed by atoms with Crippen LogP contribution in [0.3, 0.4) is 0 Å². The molecule has 1 saturated carbocycles. The molecule has 2 amide bonds. The van der Waals surface area contributed by atoms with Gasteiger partial charge in [0.15, 0.2) is 0 Å². The van der Waals surface area contributed by atoms with Gasteiger partial charge in [-0.1, -0.05) is 36.8 Å². The van der Waals surface area contributed by atoms with E-state index in [9.17, 15) is 14.4 Å². The second kappa shape index (κ2) is 9.49. The van der Waals surface area contributed by atoms with Crippen LogP contribution in [0.1, 0.15) is 58.9 Å². The third-order valence-corrected chi connectivity index (χ3v) is 6.04.